The van der Waals surface area contributed by atoms with Crippen LogP contribution in [0, 0.1) is 11.3 Å². The molecule has 1 N–H and O–H groups in total. The molecule has 3 aromatic rings. The molecule has 0 radical (unpaired) electrons. The van der Waals surface area contributed by atoms with E-state index in [0.717, 1.165) is 0 Å². The van der Waals surface area contributed by atoms with E-state index in [-0.39, 0.29) is 11.6 Å². The molecule has 0 unspecified atom stereocenters. The first kappa shape index (κ1) is 8.61. The van der Waals surface area contributed by atoms with Gasteiger partial charge in [0.1, 0.15) is 17.3 Å². The van der Waals surface area contributed by atoms with E-state index in [1.165, 1.54) is 18.3 Å². The van der Waals surface area contributed by atoms with Crippen LogP contribution >= 0.6 is 0 Å². The minimum absolute atomic E-state index is 0.111. The van der Waals surface area contributed by atoms with Crippen molar-refractivity contribution < 1.29 is 5.11 Å². The molecule has 2 heterocycles. The Morgan fingerprint density at radius 3 is 3.00 bits per heavy atom. The van der Waals surface area contributed by atoms with Gasteiger partial charge in [-0.3, -0.25) is 4.40 Å². The van der Waals surface area contributed by atoms with Crippen molar-refractivity contribution in [1.82, 2.24) is 19.6 Å². The van der Waals surface area contributed by atoms with Crippen LogP contribution in [-0.4, -0.2) is 24.7 Å². The predicted molar refractivity (Wildman–Crippen MR) is 54.7 cm³/mol. The number of phenols is 1. The summed E-state index contributed by atoms with van der Waals surface area (Å²) in [6.45, 7) is 0. The monoisotopic (exact) mass is 211 g/mol. The molecule has 0 atom stereocenters. The number of imidazole rings is 1. The Kier molecular flexibility index (Phi) is 1.56. The summed E-state index contributed by atoms with van der Waals surface area (Å²) in [6, 6.07) is 6.65. The van der Waals surface area contributed by atoms with Crippen molar-refractivity contribution in [3.8, 4) is 11.8 Å². The highest BCUT2D eigenvalue weighted by atomic mass is 16.3. The van der Waals surface area contributed by atoms with E-state index in [1.54, 1.807) is 10.5 Å². The predicted octanol–water partition coefficient (Wildman–Crippen LogP) is 0.855. The van der Waals surface area contributed by atoms with Gasteiger partial charge in [0.15, 0.2) is 5.65 Å². The molecule has 0 aliphatic heterocycles. The Bertz CT molecular complexity index is 740. The highest BCUT2D eigenvalue weighted by Crippen LogP contribution is 2.19. The summed E-state index contributed by atoms with van der Waals surface area (Å²) in [5, 5.41) is 26.2. The van der Waals surface area contributed by atoms with Gasteiger partial charge < -0.3 is 5.11 Å². The maximum atomic E-state index is 9.43. The first-order valence-corrected chi connectivity index (χ1v) is 4.52. The summed E-state index contributed by atoms with van der Waals surface area (Å²) in [6.07, 6.45) is 1.47. The fourth-order valence-corrected chi connectivity index (χ4v) is 1.61. The number of aromatic nitrogens is 4. The molecule has 76 valence electrons. The maximum absolute atomic E-state index is 9.43. The van der Waals surface area contributed by atoms with E-state index in [0.29, 0.717) is 16.7 Å². The molecule has 0 amide bonds. The van der Waals surface area contributed by atoms with Crippen LogP contribution in [0.25, 0.3) is 16.7 Å². The zero-order valence-electron chi connectivity index (χ0n) is 7.99. The van der Waals surface area contributed by atoms with E-state index < -0.39 is 0 Å². The van der Waals surface area contributed by atoms with Crippen LogP contribution in [0.4, 0.5) is 0 Å². The summed E-state index contributed by atoms with van der Waals surface area (Å²) < 4.78 is 1.56. The SMILES string of the molecule is N#Cc1ncc2nnc3ccc(O)cc3n12. The van der Waals surface area contributed by atoms with Crippen molar-refractivity contribution in [3.63, 3.8) is 0 Å². The smallest absolute Gasteiger partial charge is 0.219 e. The molecule has 0 fully saturated rings. The van der Waals surface area contributed by atoms with Gasteiger partial charge in [0, 0.05) is 6.07 Å². The van der Waals surface area contributed by atoms with Gasteiger partial charge in [-0.05, 0) is 12.1 Å². The average Bonchev–Trinajstić information content (AvgIpc) is 2.72. The van der Waals surface area contributed by atoms with Crippen LogP contribution in [0.3, 0.4) is 0 Å². The van der Waals surface area contributed by atoms with Crippen LogP contribution in [-0.2, 0) is 0 Å². The van der Waals surface area contributed by atoms with Gasteiger partial charge in [0.05, 0.1) is 11.7 Å². The quantitative estimate of drug-likeness (QED) is 0.595. The van der Waals surface area contributed by atoms with Crippen LogP contribution < -0.4 is 0 Å². The van der Waals surface area contributed by atoms with E-state index in [2.05, 4.69) is 15.2 Å². The number of hydrogen-bond donors (Lipinski definition) is 1. The Balaban J connectivity index is 2.61. The third kappa shape index (κ3) is 1.02. The third-order valence-electron chi connectivity index (χ3n) is 2.30. The number of benzene rings is 1. The van der Waals surface area contributed by atoms with Gasteiger partial charge >= 0.3 is 0 Å². The standard InChI is InChI=1S/C10H5N5O/c11-4-9-12-5-10-14-13-7-2-1-6(16)3-8(7)15(9)10/h1-3,5,16H. The topological polar surface area (TPSA) is 87.1 Å². The number of hydrogen-bond acceptors (Lipinski definition) is 5. The molecule has 0 aliphatic rings. The second-order valence-corrected chi connectivity index (χ2v) is 3.26. The number of fused-ring (bicyclic) bond motifs is 3. The molecule has 0 spiro atoms. The summed E-state index contributed by atoms with van der Waals surface area (Å²) >= 11 is 0. The van der Waals surface area contributed by atoms with Gasteiger partial charge in [-0.2, -0.15) is 5.26 Å². The fourth-order valence-electron chi connectivity index (χ4n) is 1.61. The van der Waals surface area contributed by atoms with Crippen molar-refractivity contribution in [1.29, 1.82) is 5.26 Å². The Morgan fingerprint density at radius 2 is 2.19 bits per heavy atom. The molecule has 2 aromatic heterocycles. The molecule has 0 saturated carbocycles. The molecule has 0 saturated heterocycles. The number of aromatic hydroxyl groups is 1. The van der Waals surface area contributed by atoms with E-state index in [4.69, 9.17) is 5.26 Å². The number of rotatable bonds is 0. The van der Waals surface area contributed by atoms with E-state index in [9.17, 15) is 5.11 Å². The van der Waals surface area contributed by atoms with Gasteiger partial charge in [-0.15, -0.1) is 10.2 Å². The molecule has 6 heteroatoms. The van der Waals surface area contributed by atoms with Crippen LogP contribution in [0.15, 0.2) is 24.4 Å². The molecular weight excluding hydrogens is 206 g/mol. The molecule has 6 nitrogen and oxygen atoms in total. The Hall–Kier alpha value is -2.68. The normalized spacial score (nSPS) is 10.7. The summed E-state index contributed by atoms with van der Waals surface area (Å²) in [7, 11) is 0. The summed E-state index contributed by atoms with van der Waals surface area (Å²) in [5.74, 6) is 0.333. The van der Waals surface area contributed by atoms with Gasteiger partial charge in [0.2, 0.25) is 5.82 Å². The van der Waals surface area contributed by atoms with Gasteiger partial charge in [-0.25, -0.2) is 4.98 Å². The molecule has 0 bridgehead atoms. The highest BCUT2D eigenvalue weighted by Gasteiger charge is 2.08. The minimum atomic E-state index is 0.111. The average molecular weight is 211 g/mol. The lowest BCUT2D eigenvalue weighted by molar-refractivity contribution is 0.476. The maximum Gasteiger partial charge on any atom is 0.219 e. The molecule has 3 rings (SSSR count). The van der Waals surface area contributed by atoms with E-state index in [1.807, 2.05) is 6.07 Å². The first-order chi connectivity index (χ1) is 7.79. The lowest BCUT2D eigenvalue weighted by Gasteiger charge is -2.01. The summed E-state index contributed by atoms with van der Waals surface area (Å²) in [4.78, 5) is 3.91. The van der Waals surface area contributed by atoms with Crippen LogP contribution in [0.5, 0.6) is 5.75 Å². The van der Waals surface area contributed by atoms with Crippen molar-refractivity contribution in [2.75, 3.05) is 0 Å². The Morgan fingerprint density at radius 1 is 1.31 bits per heavy atom. The van der Waals surface area contributed by atoms with Gasteiger partial charge in [0.25, 0.3) is 0 Å². The lowest BCUT2D eigenvalue weighted by atomic mass is 10.3. The van der Waals surface area contributed by atoms with Crippen molar-refractivity contribution in [2.45, 2.75) is 0 Å². The first-order valence-electron chi connectivity index (χ1n) is 4.52. The van der Waals surface area contributed by atoms with Crippen molar-refractivity contribution in [2.24, 2.45) is 0 Å². The zero-order chi connectivity index (χ0) is 11.1. The molecule has 16 heavy (non-hydrogen) atoms. The minimum Gasteiger partial charge on any atom is -0.508 e. The number of nitriles is 1. The van der Waals surface area contributed by atoms with Gasteiger partial charge in [-0.1, -0.05) is 0 Å². The van der Waals surface area contributed by atoms with Crippen LogP contribution in [0.2, 0.25) is 0 Å². The van der Waals surface area contributed by atoms with E-state index >= 15 is 0 Å². The third-order valence-corrected chi connectivity index (χ3v) is 2.30. The lowest BCUT2D eigenvalue weighted by Crippen LogP contribution is -1.96. The largest absolute Gasteiger partial charge is 0.508 e. The molecule has 0 aliphatic carbocycles. The number of nitrogens with zero attached hydrogens (tertiary/aromatic N) is 5. The summed E-state index contributed by atoms with van der Waals surface area (Å²) in [5.41, 5.74) is 1.69. The fraction of sp³-hybridized carbons (Fsp3) is 0. The Labute approximate surface area is 89.4 Å². The molecule has 1 aromatic carbocycles. The second kappa shape index (κ2) is 2.90. The highest BCUT2D eigenvalue weighted by molar-refractivity contribution is 5.78. The van der Waals surface area contributed by atoms with Crippen LogP contribution in [0.1, 0.15) is 5.82 Å². The zero-order valence-corrected chi connectivity index (χ0v) is 7.99. The second-order valence-electron chi connectivity index (χ2n) is 3.26. The molecular formula is C10H5N5O. The number of phenolic OH excluding ortho intramolecular Hbond substituents is 1. The van der Waals surface area contributed by atoms with Crippen molar-refractivity contribution >= 4 is 16.7 Å². The van der Waals surface area contributed by atoms with Crippen molar-refractivity contribution in [3.05, 3.63) is 30.2 Å².